The number of ketones is 1. The topological polar surface area (TPSA) is 66.6 Å². The lowest BCUT2D eigenvalue weighted by atomic mass is 9.96. The maximum Gasteiger partial charge on any atom is 0.176 e. The van der Waals surface area contributed by atoms with Crippen LogP contribution in [0, 0.1) is 17.2 Å². The van der Waals surface area contributed by atoms with Crippen molar-refractivity contribution >= 4 is 11.9 Å². The Morgan fingerprint density at radius 2 is 2.00 bits per heavy atom. The zero-order chi connectivity index (χ0) is 12.1. The molecule has 0 spiro atoms. The number of nitriles is 1. The molecule has 86 valence electrons. The second kappa shape index (κ2) is 5.35. The van der Waals surface area contributed by atoms with Crippen LogP contribution in [-0.2, 0) is 4.79 Å². The van der Waals surface area contributed by atoms with Gasteiger partial charge in [0.05, 0.1) is 5.57 Å². The summed E-state index contributed by atoms with van der Waals surface area (Å²) in [6, 6.07) is 3.66. The minimum atomic E-state index is -0.0579. The molecule has 0 unspecified atom stereocenters. The van der Waals surface area contributed by atoms with Crippen molar-refractivity contribution in [3.05, 3.63) is 29.9 Å². The van der Waals surface area contributed by atoms with Crippen LogP contribution in [0.4, 0.5) is 0 Å². The van der Waals surface area contributed by atoms with Crippen molar-refractivity contribution < 1.29 is 4.79 Å². The minimum absolute atomic E-state index is 0.0182. The van der Waals surface area contributed by atoms with Crippen LogP contribution in [0.5, 0.6) is 0 Å². The summed E-state index contributed by atoms with van der Waals surface area (Å²) in [6.45, 7) is 0. The van der Waals surface area contributed by atoms with Crippen molar-refractivity contribution in [2.75, 3.05) is 0 Å². The van der Waals surface area contributed by atoms with Crippen LogP contribution in [0.25, 0.3) is 6.08 Å². The van der Waals surface area contributed by atoms with E-state index < -0.39 is 0 Å². The van der Waals surface area contributed by atoms with Gasteiger partial charge in [-0.2, -0.15) is 5.26 Å². The van der Waals surface area contributed by atoms with Gasteiger partial charge < -0.3 is 0 Å². The highest BCUT2D eigenvalue weighted by atomic mass is 16.1. The van der Waals surface area contributed by atoms with Crippen molar-refractivity contribution in [1.29, 1.82) is 5.26 Å². The predicted molar refractivity (Wildman–Crippen MR) is 62.6 cm³/mol. The van der Waals surface area contributed by atoms with E-state index in [0.717, 1.165) is 25.7 Å². The number of Topliss-reactive ketones (excluding diaryl/α,β-unsaturated/α-hetero) is 1. The Labute approximate surface area is 100 Å². The number of aromatic nitrogens is 2. The van der Waals surface area contributed by atoms with E-state index in [1.807, 2.05) is 6.07 Å². The first-order chi connectivity index (χ1) is 8.31. The van der Waals surface area contributed by atoms with Gasteiger partial charge in [0.2, 0.25) is 0 Å². The number of allylic oxidation sites excluding steroid dienone is 1. The summed E-state index contributed by atoms with van der Waals surface area (Å²) in [5, 5.41) is 9.02. The number of nitrogens with zero attached hydrogens (tertiary/aromatic N) is 3. The molecule has 1 saturated carbocycles. The van der Waals surface area contributed by atoms with Gasteiger partial charge in [0.25, 0.3) is 0 Å². The van der Waals surface area contributed by atoms with Crippen LogP contribution in [0.1, 0.15) is 31.5 Å². The summed E-state index contributed by atoms with van der Waals surface area (Å²) in [5.41, 5.74) is 0.170. The first kappa shape index (κ1) is 11.5. The van der Waals surface area contributed by atoms with E-state index in [9.17, 15) is 4.79 Å². The van der Waals surface area contributed by atoms with Crippen molar-refractivity contribution in [2.24, 2.45) is 5.92 Å². The van der Waals surface area contributed by atoms with Crippen molar-refractivity contribution in [3.63, 3.8) is 0 Å². The molecule has 0 bridgehead atoms. The monoisotopic (exact) mass is 227 g/mol. The lowest BCUT2D eigenvalue weighted by molar-refractivity contribution is -0.118. The fourth-order valence-corrected chi connectivity index (χ4v) is 2.08. The molecule has 4 nitrogen and oxygen atoms in total. The molecule has 17 heavy (non-hydrogen) atoms. The summed E-state index contributed by atoms with van der Waals surface area (Å²) in [4.78, 5) is 20.0. The quantitative estimate of drug-likeness (QED) is 0.586. The Kier molecular flexibility index (Phi) is 3.61. The molecule has 0 atom stereocenters. The van der Waals surface area contributed by atoms with Gasteiger partial charge in [-0.25, -0.2) is 9.97 Å². The Morgan fingerprint density at radius 3 is 2.59 bits per heavy atom. The van der Waals surface area contributed by atoms with Crippen molar-refractivity contribution in [1.82, 2.24) is 9.97 Å². The highest BCUT2D eigenvalue weighted by molar-refractivity contribution is 6.04. The molecule has 0 saturated heterocycles. The smallest absolute Gasteiger partial charge is 0.176 e. The van der Waals surface area contributed by atoms with Crippen LogP contribution < -0.4 is 0 Å². The minimum Gasteiger partial charge on any atom is -0.293 e. The summed E-state index contributed by atoms with van der Waals surface area (Å²) in [7, 11) is 0. The second-order valence-corrected chi connectivity index (χ2v) is 4.12. The zero-order valence-corrected chi connectivity index (χ0v) is 9.47. The molecular formula is C13H13N3O. The van der Waals surface area contributed by atoms with E-state index in [-0.39, 0.29) is 17.3 Å². The molecule has 4 heteroatoms. The summed E-state index contributed by atoms with van der Waals surface area (Å²) in [5.74, 6) is 0.373. The predicted octanol–water partition coefficient (Wildman–Crippen LogP) is 2.14. The van der Waals surface area contributed by atoms with Gasteiger partial charge >= 0.3 is 0 Å². The molecule has 0 N–H and O–H groups in total. The maximum atomic E-state index is 12.0. The Bertz CT molecular complexity index is 467. The van der Waals surface area contributed by atoms with E-state index in [1.165, 1.54) is 6.08 Å². The number of carbonyl (C=O) groups is 1. The third kappa shape index (κ3) is 2.76. The van der Waals surface area contributed by atoms with Crippen LogP contribution in [0.15, 0.2) is 24.0 Å². The lowest BCUT2D eigenvalue weighted by Crippen LogP contribution is -2.12. The molecular weight excluding hydrogens is 214 g/mol. The fourth-order valence-electron chi connectivity index (χ4n) is 2.08. The van der Waals surface area contributed by atoms with Crippen LogP contribution in [0.3, 0.4) is 0 Å². The highest BCUT2D eigenvalue weighted by Crippen LogP contribution is 2.27. The standard InChI is InChI=1S/C13H13N3O/c14-9-11(8-12-15-6-3-7-16-12)13(17)10-4-1-2-5-10/h3,6-8,10H,1-2,4-5H2/b11-8+. The third-order valence-corrected chi connectivity index (χ3v) is 2.97. The zero-order valence-electron chi connectivity index (χ0n) is 9.47. The molecule has 0 aromatic carbocycles. The molecule has 0 aliphatic heterocycles. The van der Waals surface area contributed by atoms with Crippen molar-refractivity contribution in [2.45, 2.75) is 25.7 Å². The summed E-state index contributed by atoms with van der Waals surface area (Å²) < 4.78 is 0. The number of hydrogen-bond acceptors (Lipinski definition) is 4. The van der Waals surface area contributed by atoms with Crippen LogP contribution >= 0.6 is 0 Å². The van der Waals surface area contributed by atoms with Gasteiger partial charge in [-0.3, -0.25) is 4.79 Å². The summed E-state index contributed by atoms with van der Waals surface area (Å²) >= 11 is 0. The van der Waals surface area contributed by atoms with Crippen LogP contribution in [-0.4, -0.2) is 15.8 Å². The highest BCUT2D eigenvalue weighted by Gasteiger charge is 2.25. The van der Waals surface area contributed by atoms with Gasteiger partial charge in [-0.05, 0) is 18.9 Å². The lowest BCUT2D eigenvalue weighted by Gasteiger charge is -2.05. The molecule has 1 fully saturated rings. The van der Waals surface area contributed by atoms with Gasteiger partial charge in [-0.1, -0.05) is 12.8 Å². The molecule has 1 aliphatic carbocycles. The second-order valence-electron chi connectivity index (χ2n) is 4.12. The first-order valence-electron chi connectivity index (χ1n) is 5.74. The van der Waals surface area contributed by atoms with E-state index in [4.69, 9.17) is 5.26 Å². The third-order valence-electron chi connectivity index (χ3n) is 2.97. The normalized spacial score (nSPS) is 16.8. The molecule has 1 heterocycles. The average molecular weight is 227 g/mol. The fraction of sp³-hybridized carbons (Fsp3) is 0.385. The Balaban J connectivity index is 2.19. The van der Waals surface area contributed by atoms with E-state index in [1.54, 1.807) is 18.5 Å². The largest absolute Gasteiger partial charge is 0.293 e. The summed E-state index contributed by atoms with van der Waals surface area (Å²) in [6.07, 6.45) is 8.61. The van der Waals surface area contributed by atoms with Crippen LogP contribution in [0.2, 0.25) is 0 Å². The Hall–Kier alpha value is -2.02. The van der Waals surface area contributed by atoms with Gasteiger partial charge in [-0.15, -0.1) is 0 Å². The first-order valence-corrected chi connectivity index (χ1v) is 5.74. The maximum absolute atomic E-state index is 12.0. The average Bonchev–Trinajstić information content (AvgIpc) is 2.90. The number of rotatable bonds is 3. The van der Waals surface area contributed by atoms with E-state index in [0.29, 0.717) is 5.82 Å². The molecule has 2 rings (SSSR count). The molecule has 0 radical (unpaired) electrons. The molecule has 0 amide bonds. The molecule has 1 aromatic rings. The van der Waals surface area contributed by atoms with Gasteiger partial charge in [0.15, 0.2) is 11.6 Å². The SMILES string of the molecule is N#C/C(=C\c1ncccn1)C(=O)C1CCCC1. The number of hydrogen-bond donors (Lipinski definition) is 0. The van der Waals surface area contributed by atoms with E-state index >= 15 is 0 Å². The van der Waals surface area contributed by atoms with Gasteiger partial charge in [0.1, 0.15) is 6.07 Å². The number of carbonyl (C=O) groups excluding carboxylic acids is 1. The Morgan fingerprint density at radius 1 is 1.35 bits per heavy atom. The van der Waals surface area contributed by atoms with Crippen molar-refractivity contribution in [3.8, 4) is 6.07 Å². The molecule has 1 aliphatic rings. The van der Waals surface area contributed by atoms with Gasteiger partial charge in [0, 0.05) is 24.4 Å². The van der Waals surface area contributed by atoms with E-state index in [2.05, 4.69) is 9.97 Å². The molecule has 1 aromatic heterocycles.